The van der Waals surface area contributed by atoms with Crippen LogP contribution in [0.2, 0.25) is 0 Å². The molecule has 2 nitrogen and oxygen atoms in total. The Morgan fingerprint density at radius 3 is 2.38 bits per heavy atom. The Kier molecular flexibility index (Phi) is 3.02. The van der Waals surface area contributed by atoms with E-state index in [1.54, 1.807) is 0 Å². The molecule has 0 aliphatic carbocycles. The van der Waals surface area contributed by atoms with Gasteiger partial charge < -0.3 is 0 Å². The van der Waals surface area contributed by atoms with Crippen molar-refractivity contribution in [3.8, 4) is 0 Å². The first-order valence-corrected chi connectivity index (χ1v) is 6.20. The Morgan fingerprint density at radius 1 is 1.12 bits per heavy atom. The molecule has 1 aliphatic heterocycles. The van der Waals surface area contributed by atoms with Crippen LogP contribution in [0, 0.1) is 0 Å². The molecule has 16 heavy (non-hydrogen) atoms. The highest BCUT2D eigenvalue weighted by Gasteiger charge is 2.23. The smallest absolute Gasteiger partial charge is 0.0595 e. The predicted octanol–water partition coefficient (Wildman–Crippen LogP) is 3.27. The number of fused-ring (bicyclic) bond motifs is 1. The second-order valence-corrected chi connectivity index (χ2v) is 5.54. The normalized spacial score (nSPS) is 16.2. The number of hydrogen-bond acceptors (Lipinski definition) is 2. The van der Waals surface area contributed by atoms with Crippen LogP contribution in [0.15, 0.2) is 6.07 Å². The van der Waals surface area contributed by atoms with Gasteiger partial charge in [-0.3, -0.25) is 9.88 Å². The molecular formula is C14H22N2. The zero-order valence-electron chi connectivity index (χ0n) is 11.0. The molecule has 0 amide bonds. The summed E-state index contributed by atoms with van der Waals surface area (Å²) in [6.45, 7) is 11.1. The standard InChI is InChI=1S/C14H22N2/c1-9(2)11-6-13(10(3)4)15-14-8-16(5)7-12(11)14/h6,9-10H,7-8H2,1-5H3. The summed E-state index contributed by atoms with van der Waals surface area (Å²) < 4.78 is 0. The predicted molar refractivity (Wildman–Crippen MR) is 67.6 cm³/mol. The molecule has 0 aromatic carbocycles. The first kappa shape index (κ1) is 11.6. The fourth-order valence-corrected chi connectivity index (χ4v) is 2.37. The Hall–Kier alpha value is -0.890. The van der Waals surface area contributed by atoms with E-state index in [2.05, 4.69) is 45.7 Å². The Balaban J connectivity index is 2.51. The van der Waals surface area contributed by atoms with E-state index in [0.29, 0.717) is 11.8 Å². The number of aromatic nitrogens is 1. The van der Waals surface area contributed by atoms with E-state index < -0.39 is 0 Å². The number of hydrogen-bond donors (Lipinski definition) is 0. The largest absolute Gasteiger partial charge is 0.296 e. The summed E-state index contributed by atoms with van der Waals surface area (Å²) in [7, 11) is 2.17. The van der Waals surface area contributed by atoms with Gasteiger partial charge in [0.05, 0.1) is 5.69 Å². The van der Waals surface area contributed by atoms with E-state index in [1.807, 2.05) is 0 Å². The van der Waals surface area contributed by atoms with E-state index in [4.69, 9.17) is 4.98 Å². The van der Waals surface area contributed by atoms with Crippen LogP contribution in [-0.2, 0) is 13.1 Å². The van der Waals surface area contributed by atoms with Gasteiger partial charge in [-0.25, -0.2) is 0 Å². The van der Waals surface area contributed by atoms with Crippen LogP contribution < -0.4 is 0 Å². The van der Waals surface area contributed by atoms with Crippen molar-refractivity contribution in [2.24, 2.45) is 0 Å². The maximum absolute atomic E-state index is 4.80. The maximum Gasteiger partial charge on any atom is 0.0595 e. The van der Waals surface area contributed by atoms with Gasteiger partial charge in [0.25, 0.3) is 0 Å². The van der Waals surface area contributed by atoms with Crippen molar-refractivity contribution in [1.82, 2.24) is 9.88 Å². The highest BCUT2D eigenvalue weighted by atomic mass is 15.1. The third-order valence-electron chi connectivity index (χ3n) is 3.33. The molecule has 0 bridgehead atoms. The monoisotopic (exact) mass is 218 g/mol. The molecule has 0 N–H and O–H groups in total. The molecule has 1 aromatic heterocycles. The highest BCUT2D eigenvalue weighted by Crippen LogP contribution is 2.30. The zero-order valence-corrected chi connectivity index (χ0v) is 11.0. The average molecular weight is 218 g/mol. The summed E-state index contributed by atoms with van der Waals surface area (Å²) in [6, 6.07) is 2.31. The number of nitrogens with zero attached hydrogens (tertiary/aromatic N) is 2. The van der Waals surface area contributed by atoms with Gasteiger partial charge in [-0.2, -0.15) is 0 Å². The van der Waals surface area contributed by atoms with Crippen LogP contribution in [0.25, 0.3) is 0 Å². The first-order valence-electron chi connectivity index (χ1n) is 6.20. The van der Waals surface area contributed by atoms with Crippen LogP contribution in [-0.4, -0.2) is 16.9 Å². The molecule has 1 aromatic rings. The molecule has 2 heteroatoms. The van der Waals surface area contributed by atoms with Gasteiger partial charge in [-0.05, 0) is 36.1 Å². The van der Waals surface area contributed by atoms with Gasteiger partial charge in [0, 0.05) is 18.8 Å². The number of rotatable bonds is 2. The molecule has 0 spiro atoms. The summed E-state index contributed by atoms with van der Waals surface area (Å²) in [5, 5.41) is 0. The van der Waals surface area contributed by atoms with Gasteiger partial charge in [-0.1, -0.05) is 27.7 Å². The molecule has 0 saturated carbocycles. The minimum absolute atomic E-state index is 0.522. The summed E-state index contributed by atoms with van der Waals surface area (Å²) >= 11 is 0. The average Bonchev–Trinajstić information content (AvgIpc) is 2.55. The van der Waals surface area contributed by atoms with Crippen molar-refractivity contribution in [3.63, 3.8) is 0 Å². The van der Waals surface area contributed by atoms with Crippen molar-refractivity contribution >= 4 is 0 Å². The van der Waals surface area contributed by atoms with E-state index in [-0.39, 0.29) is 0 Å². The van der Waals surface area contributed by atoms with Gasteiger partial charge >= 0.3 is 0 Å². The van der Waals surface area contributed by atoms with Crippen LogP contribution in [0.5, 0.6) is 0 Å². The van der Waals surface area contributed by atoms with Crippen molar-refractivity contribution < 1.29 is 0 Å². The molecule has 2 rings (SSSR count). The molecule has 0 atom stereocenters. The van der Waals surface area contributed by atoms with Gasteiger partial charge in [0.2, 0.25) is 0 Å². The lowest BCUT2D eigenvalue weighted by molar-refractivity contribution is 0.350. The lowest BCUT2D eigenvalue weighted by Gasteiger charge is -2.15. The highest BCUT2D eigenvalue weighted by molar-refractivity contribution is 5.38. The zero-order chi connectivity index (χ0) is 11.9. The maximum atomic E-state index is 4.80. The molecule has 1 aliphatic rings. The summed E-state index contributed by atoms with van der Waals surface area (Å²) in [6.07, 6.45) is 0. The van der Waals surface area contributed by atoms with Crippen molar-refractivity contribution in [1.29, 1.82) is 0 Å². The molecular weight excluding hydrogens is 196 g/mol. The van der Waals surface area contributed by atoms with Gasteiger partial charge in [0.15, 0.2) is 0 Å². The van der Waals surface area contributed by atoms with Crippen molar-refractivity contribution in [3.05, 3.63) is 28.6 Å². The van der Waals surface area contributed by atoms with E-state index >= 15 is 0 Å². The van der Waals surface area contributed by atoms with E-state index in [9.17, 15) is 0 Å². The van der Waals surface area contributed by atoms with Crippen LogP contribution in [0.4, 0.5) is 0 Å². The van der Waals surface area contributed by atoms with Gasteiger partial charge in [-0.15, -0.1) is 0 Å². The Labute approximate surface area is 98.7 Å². The van der Waals surface area contributed by atoms with Crippen molar-refractivity contribution in [2.45, 2.75) is 52.6 Å². The Bertz CT molecular complexity index is 394. The van der Waals surface area contributed by atoms with Crippen LogP contribution >= 0.6 is 0 Å². The van der Waals surface area contributed by atoms with Crippen molar-refractivity contribution in [2.75, 3.05) is 7.05 Å². The van der Waals surface area contributed by atoms with Crippen LogP contribution in [0.1, 0.15) is 62.0 Å². The van der Waals surface area contributed by atoms with Crippen LogP contribution in [0.3, 0.4) is 0 Å². The molecule has 0 fully saturated rings. The lowest BCUT2D eigenvalue weighted by atomic mass is 9.94. The fraction of sp³-hybridized carbons (Fsp3) is 0.643. The summed E-state index contributed by atoms with van der Waals surface area (Å²) in [4.78, 5) is 7.15. The first-order chi connectivity index (χ1) is 7.49. The SMILES string of the molecule is CC(C)c1cc(C(C)C)c2c(n1)CN(C)C2. The Morgan fingerprint density at radius 2 is 1.81 bits per heavy atom. The minimum atomic E-state index is 0.522. The quantitative estimate of drug-likeness (QED) is 0.757. The topological polar surface area (TPSA) is 16.1 Å². The number of pyridine rings is 1. The molecule has 2 heterocycles. The van der Waals surface area contributed by atoms with Gasteiger partial charge in [0.1, 0.15) is 0 Å². The second-order valence-electron chi connectivity index (χ2n) is 5.54. The molecule has 0 saturated heterocycles. The van der Waals surface area contributed by atoms with E-state index in [1.165, 1.54) is 22.5 Å². The minimum Gasteiger partial charge on any atom is -0.296 e. The molecule has 0 radical (unpaired) electrons. The molecule has 0 unspecified atom stereocenters. The summed E-state index contributed by atoms with van der Waals surface area (Å²) in [5.41, 5.74) is 5.52. The third kappa shape index (κ3) is 1.99. The summed E-state index contributed by atoms with van der Waals surface area (Å²) in [5.74, 6) is 1.12. The fourth-order valence-electron chi connectivity index (χ4n) is 2.37. The second kappa shape index (κ2) is 4.17. The van der Waals surface area contributed by atoms with E-state index in [0.717, 1.165) is 13.1 Å². The lowest BCUT2D eigenvalue weighted by Crippen LogP contribution is -2.08. The molecule has 88 valence electrons. The third-order valence-corrected chi connectivity index (χ3v) is 3.33.